The lowest BCUT2D eigenvalue weighted by molar-refractivity contribution is 0.0936. The predicted octanol–water partition coefficient (Wildman–Crippen LogP) is 5.67. The molecule has 0 fully saturated rings. The van der Waals surface area contributed by atoms with Crippen LogP contribution < -0.4 is 10.6 Å². The van der Waals surface area contributed by atoms with Crippen molar-refractivity contribution >= 4 is 22.4 Å². The van der Waals surface area contributed by atoms with Crippen LogP contribution in [-0.4, -0.2) is 10.5 Å². The summed E-state index contributed by atoms with van der Waals surface area (Å²) in [6.07, 6.45) is 2.86. The molecule has 0 aliphatic heterocycles. The summed E-state index contributed by atoms with van der Waals surface area (Å²) in [6, 6.07) is 26.2. The molecule has 0 spiro atoms. The Hall–Kier alpha value is -3.53. The van der Waals surface area contributed by atoms with Gasteiger partial charge in [-0.1, -0.05) is 49.4 Å². The van der Waals surface area contributed by atoms with Crippen LogP contribution in [0.1, 0.15) is 41.0 Å². The molecule has 2 N–H and O–H groups in total. The third kappa shape index (κ3) is 4.23. The van der Waals surface area contributed by atoms with E-state index >= 15 is 0 Å². The van der Waals surface area contributed by atoms with Gasteiger partial charge in [0.15, 0.2) is 0 Å². The van der Waals surface area contributed by atoms with Crippen LogP contribution in [0.4, 0.5) is 5.69 Å². The van der Waals surface area contributed by atoms with E-state index in [1.54, 1.807) is 0 Å². The van der Waals surface area contributed by atoms with Crippen LogP contribution in [0.5, 0.6) is 0 Å². The fourth-order valence-corrected chi connectivity index (χ4v) is 3.83. The van der Waals surface area contributed by atoms with E-state index in [2.05, 4.69) is 83.9 Å². The zero-order valence-corrected chi connectivity index (χ0v) is 17.4. The Labute approximate surface area is 177 Å². The monoisotopic (exact) mass is 397 g/mol. The normalized spacial score (nSPS) is 11.9. The van der Waals surface area contributed by atoms with Gasteiger partial charge in [0.05, 0.1) is 12.6 Å². The molecule has 0 saturated heterocycles. The van der Waals surface area contributed by atoms with E-state index in [0.717, 1.165) is 29.6 Å². The third-order valence-electron chi connectivity index (χ3n) is 5.54. The van der Waals surface area contributed by atoms with Crippen LogP contribution in [0.2, 0.25) is 0 Å². The molecule has 3 aromatic carbocycles. The molecule has 0 bridgehead atoms. The lowest BCUT2D eigenvalue weighted by Gasteiger charge is -2.21. The van der Waals surface area contributed by atoms with Crippen molar-refractivity contribution in [1.29, 1.82) is 0 Å². The molecule has 4 nitrogen and oxygen atoms in total. The highest BCUT2D eigenvalue weighted by atomic mass is 16.1. The summed E-state index contributed by atoms with van der Waals surface area (Å²) in [7, 11) is 2.05. The number of rotatable bonds is 7. The number of anilines is 1. The van der Waals surface area contributed by atoms with Crippen molar-refractivity contribution in [1.82, 2.24) is 9.88 Å². The molecule has 1 atom stereocenters. The van der Waals surface area contributed by atoms with E-state index < -0.39 is 0 Å². The minimum Gasteiger partial charge on any atom is -0.379 e. The molecule has 0 radical (unpaired) electrons. The fraction of sp³-hybridized carbons (Fsp3) is 0.192. The lowest BCUT2D eigenvalue weighted by atomic mass is 9.95. The van der Waals surface area contributed by atoms with Gasteiger partial charge < -0.3 is 15.2 Å². The van der Waals surface area contributed by atoms with E-state index in [1.807, 2.05) is 30.3 Å². The largest absolute Gasteiger partial charge is 0.379 e. The van der Waals surface area contributed by atoms with Crippen LogP contribution in [0, 0.1) is 0 Å². The van der Waals surface area contributed by atoms with E-state index in [4.69, 9.17) is 0 Å². The summed E-state index contributed by atoms with van der Waals surface area (Å²) in [6.45, 7) is 2.85. The standard InChI is InChI=1S/C26H27N3O/c1-3-25(28-26(30)19-10-5-4-6-11-19)24-17-21(16-20-12-7-8-14-23(20)24)27-18-22-13-9-15-29(22)2/h4-17,25,27H,3,18H2,1-2H3,(H,28,30)/t25-/m1/s1. The second kappa shape index (κ2) is 8.87. The van der Waals surface area contributed by atoms with Crippen molar-refractivity contribution in [3.8, 4) is 0 Å². The van der Waals surface area contributed by atoms with Gasteiger partial charge >= 0.3 is 0 Å². The molecule has 0 aliphatic rings. The van der Waals surface area contributed by atoms with Crippen LogP contribution in [0.3, 0.4) is 0 Å². The number of aryl methyl sites for hydroxylation is 1. The summed E-state index contributed by atoms with van der Waals surface area (Å²) in [4.78, 5) is 12.8. The lowest BCUT2D eigenvalue weighted by Crippen LogP contribution is -2.28. The Morgan fingerprint density at radius 3 is 2.47 bits per heavy atom. The van der Waals surface area contributed by atoms with Gasteiger partial charge in [-0.3, -0.25) is 4.79 Å². The molecule has 0 unspecified atom stereocenters. The van der Waals surface area contributed by atoms with Gasteiger partial charge in [0.2, 0.25) is 0 Å². The maximum Gasteiger partial charge on any atom is 0.251 e. The Morgan fingerprint density at radius 1 is 0.967 bits per heavy atom. The number of benzene rings is 3. The topological polar surface area (TPSA) is 46.1 Å². The van der Waals surface area contributed by atoms with Gasteiger partial charge in [-0.25, -0.2) is 0 Å². The van der Waals surface area contributed by atoms with Crippen molar-refractivity contribution in [3.63, 3.8) is 0 Å². The Morgan fingerprint density at radius 2 is 1.73 bits per heavy atom. The molecule has 1 heterocycles. The highest BCUT2D eigenvalue weighted by molar-refractivity contribution is 5.95. The minimum absolute atomic E-state index is 0.0475. The average Bonchev–Trinajstić information content (AvgIpc) is 3.20. The Balaban J connectivity index is 1.65. The predicted molar refractivity (Wildman–Crippen MR) is 124 cm³/mol. The number of carbonyl (C=O) groups excluding carboxylic acids is 1. The van der Waals surface area contributed by atoms with E-state index in [-0.39, 0.29) is 11.9 Å². The van der Waals surface area contributed by atoms with Gasteiger partial charge in [-0.15, -0.1) is 0 Å². The first-order chi connectivity index (χ1) is 14.7. The van der Waals surface area contributed by atoms with Crippen LogP contribution in [0.25, 0.3) is 10.8 Å². The Bertz CT molecular complexity index is 1150. The number of hydrogen-bond donors (Lipinski definition) is 2. The first-order valence-electron chi connectivity index (χ1n) is 10.4. The zero-order valence-electron chi connectivity index (χ0n) is 17.4. The van der Waals surface area contributed by atoms with Crippen LogP contribution in [-0.2, 0) is 13.6 Å². The number of hydrogen-bond acceptors (Lipinski definition) is 2. The van der Waals surface area contributed by atoms with Gasteiger partial charge in [0.1, 0.15) is 0 Å². The molecule has 4 aromatic rings. The second-order valence-corrected chi connectivity index (χ2v) is 7.55. The van der Waals surface area contributed by atoms with Gasteiger partial charge in [0.25, 0.3) is 5.91 Å². The summed E-state index contributed by atoms with van der Waals surface area (Å²) in [5.41, 5.74) is 4.08. The van der Waals surface area contributed by atoms with Crippen molar-refractivity contribution in [3.05, 3.63) is 102 Å². The van der Waals surface area contributed by atoms with E-state index in [9.17, 15) is 4.79 Å². The van der Waals surface area contributed by atoms with E-state index in [1.165, 1.54) is 11.1 Å². The molecule has 1 amide bonds. The van der Waals surface area contributed by atoms with Crippen molar-refractivity contribution in [2.45, 2.75) is 25.9 Å². The van der Waals surface area contributed by atoms with Crippen LogP contribution in [0.15, 0.2) is 85.1 Å². The summed E-state index contributed by atoms with van der Waals surface area (Å²) in [5.74, 6) is -0.0475. The fourth-order valence-electron chi connectivity index (χ4n) is 3.83. The minimum atomic E-state index is -0.0700. The maximum absolute atomic E-state index is 12.8. The average molecular weight is 398 g/mol. The van der Waals surface area contributed by atoms with Crippen molar-refractivity contribution < 1.29 is 4.79 Å². The quantitative estimate of drug-likeness (QED) is 0.422. The van der Waals surface area contributed by atoms with Crippen LogP contribution >= 0.6 is 0 Å². The zero-order chi connectivity index (χ0) is 20.9. The summed E-state index contributed by atoms with van der Waals surface area (Å²) < 4.78 is 2.11. The molecular formula is C26H27N3O. The number of nitrogens with zero attached hydrogens (tertiary/aromatic N) is 1. The summed E-state index contributed by atoms with van der Waals surface area (Å²) in [5, 5.41) is 9.11. The van der Waals surface area contributed by atoms with E-state index in [0.29, 0.717) is 5.56 Å². The maximum atomic E-state index is 12.8. The van der Waals surface area contributed by atoms with Gasteiger partial charge in [-0.2, -0.15) is 0 Å². The summed E-state index contributed by atoms with van der Waals surface area (Å²) >= 11 is 0. The number of fused-ring (bicyclic) bond motifs is 1. The van der Waals surface area contributed by atoms with Crippen molar-refractivity contribution in [2.75, 3.05) is 5.32 Å². The molecule has 1 aromatic heterocycles. The second-order valence-electron chi connectivity index (χ2n) is 7.55. The first-order valence-corrected chi connectivity index (χ1v) is 10.4. The molecular weight excluding hydrogens is 370 g/mol. The molecule has 30 heavy (non-hydrogen) atoms. The highest BCUT2D eigenvalue weighted by Gasteiger charge is 2.17. The number of amides is 1. The van der Waals surface area contributed by atoms with Crippen molar-refractivity contribution in [2.24, 2.45) is 7.05 Å². The first kappa shape index (κ1) is 19.8. The molecule has 0 aliphatic carbocycles. The molecule has 4 rings (SSSR count). The SMILES string of the molecule is CC[C@@H](NC(=O)c1ccccc1)c1cc(NCc2cccn2C)cc2ccccc12. The molecule has 152 valence electrons. The van der Waals surface area contributed by atoms with Gasteiger partial charge in [-0.05, 0) is 59.2 Å². The number of aromatic nitrogens is 1. The number of nitrogens with one attached hydrogen (secondary N) is 2. The Kier molecular flexibility index (Phi) is 5.84. The van der Waals surface area contributed by atoms with Gasteiger partial charge in [0, 0.05) is 30.2 Å². The third-order valence-corrected chi connectivity index (χ3v) is 5.54. The smallest absolute Gasteiger partial charge is 0.251 e. The molecule has 4 heteroatoms. The number of carbonyl (C=O) groups is 1. The molecule has 0 saturated carbocycles. The highest BCUT2D eigenvalue weighted by Crippen LogP contribution is 2.30.